The molecule has 0 aromatic heterocycles. The van der Waals surface area contributed by atoms with Crippen LogP contribution < -0.4 is 14.8 Å². The molecule has 1 unspecified atom stereocenters. The van der Waals surface area contributed by atoms with Gasteiger partial charge in [-0.15, -0.1) is 0 Å². The fourth-order valence-electron chi connectivity index (χ4n) is 1.49. The van der Waals surface area contributed by atoms with Crippen LogP contribution in [0.4, 0.5) is 0 Å². The number of rotatable bonds is 5. The summed E-state index contributed by atoms with van der Waals surface area (Å²) in [5, 5.41) is 3.23. The third kappa shape index (κ3) is 4.36. The van der Waals surface area contributed by atoms with Crippen LogP contribution in [-0.2, 0) is 10.2 Å². The Hall–Kier alpha value is -0.170. The van der Waals surface area contributed by atoms with Gasteiger partial charge in [-0.05, 0) is 33.2 Å². The molecule has 5 nitrogen and oxygen atoms in total. The maximum absolute atomic E-state index is 11.3. The van der Waals surface area contributed by atoms with E-state index in [0.29, 0.717) is 12.6 Å². The van der Waals surface area contributed by atoms with E-state index in [9.17, 15) is 8.42 Å². The van der Waals surface area contributed by atoms with Crippen LogP contribution in [0, 0.1) is 0 Å². The fraction of sp³-hybridized carbons (Fsp3) is 1.00. The van der Waals surface area contributed by atoms with Crippen LogP contribution in [0.1, 0.15) is 26.7 Å². The van der Waals surface area contributed by atoms with Gasteiger partial charge in [-0.1, -0.05) is 0 Å². The molecule has 0 bridgehead atoms. The zero-order valence-corrected chi connectivity index (χ0v) is 9.52. The zero-order valence-electron chi connectivity index (χ0n) is 8.71. The summed E-state index contributed by atoms with van der Waals surface area (Å²) in [6, 6.07) is 0.225. The van der Waals surface area contributed by atoms with Gasteiger partial charge < -0.3 is 5.32 Å². The fourth-order valence-corrected chi connectivity index (χ4v) is 2.62. The Kier molecular flexibility index (Phi) is 4.31. The lowest BCUT2D eigenvalue weighted by molar-refractivity contribution is 0.533. The van der Waals surface area contributed by atoms with E-state index in [4.69, 9.17) is 0 Å². The van der Waals surface area contributed by atoms with Gasteiger partial charge in [0.2, 0.25) is 0 Å². The number of hydrogen-bond donors (Lipinski definition) is 3. The molecule has 1 saturated heterocycles. The van der Waals surface area contributed by atoms with Crippen molar-refractivity contribution in [1.82, 2.24) is 14.8 Å². The summed E-state index contributed by atoms with van der Waals surface area (Å²) in [6.45, 7) is 5.06. The molecule has 1 aliphatic heterocycles. The van der Waals surface area contributed by atoms with Crippen LogP contribution in [0.5, 0.6) is 0 Å². The normalized spacial score (nSPS) is 23.2. The van der Waals surface area contributed by atoms with Crippen molar-refractivity contribution in [2.75, 3.05) is 13.1 Å². The first kappa shape index (κ1) is 11.9. The molecule has 0 aromatic rings. The Morgan fingerprint density at radius 2 is 2.21 bits per heavy atom. The Morgan fingerprint density at radius 3 is 2.71 bits per heavy atom. The highest BCUT2D eigenvalue weighted by atomic mass is 32.2. The van der Waals surface area contributed by atoms with Crippen LogP contribution in [0.15, 0.2) is 0 Å². The van der Waals surface area contributed by atoms with Gasteiger partial charge in [0.05, 0.1) is 0 Å². The molecule has 0 aliphatic carbocycles. The number of hydrogen-bond acceptors (Lipinski definition) is 3. The van der Waals surface area contributed by atoms with Gasteiger partial charge in [-0.3, -0.25) is 0 Å². The molecular formula is C8H19N3O2S. The Bertz CT molecular complexity index is 258. The summed E-state index contributed by atoms with van der Waals surface area (Å²) in [6.07, 6.45) is 2.17. The average Bonchev–Trinajstić information content (AvgIpc) is 2.50. The minimum absolute atomic E-state index is 0.0657. The molecule has 1 fully saturated rings. The van der Waals surface area contributed by atoms with E-state index in [1.807, 2.05) is 0 Å². The van der Waals surface area contributed by atoms with Gasteiger partial charge in [-0.25, -0.2) is 4.72 Å². The van der Waals surface area contributed by atoms with E-state index in [2.05, 4.69) is 14.8 Å². The number of nitrogens with one attached hydrogen (secondary N) is 3. The van der Waals surface area contributed by atoms with Crippen LogP contribution in [0.25, 0.3) is 0 Å². The molecule has 0 amide bonds. The molecule has 84 valence electrons. The third-order valence-electron chi connectivity index (χ3n) is 2.07. The molecular weight excluding hydrogens is 202 g/mol. The Morgan fingerprint density at radius 1 is 1.50 bits per heavy atom. The Labute approximate surface area is 85.8 Å². The van der Waals surface area contributed by atoms with E-state index in [1.165, 1.54) is 0 Å². The van der Waals surface area contributed by atoms with E-state index in [1.54, 1.807) is 13.8 Å². The minimum atomic E-state index is -3.31. The highest BCUT2D eigenvalue weighted by Crippen LogP contribution is 2.03. The van der Waals surface area contributed by atoms with Crippen molar-refractivity contribution in [3.05, 3.63) is 0 Å². The average molecular weight is 221 g/mol. The van der Waals surface area contributed by atoms with Gasteiger partial charge >= 0.3 is 0 Å². The first-order valence-corrected chi connectivity index (χ1v) is 6.48. The van der Waals surface area contributed by atoms with Crippen LogP contribution >= 0.6 is 0 Å². The smallest absolute Gasteiger partial charge is 0.277 e. The summed E-state index contributed by atoms with van der Waals surface area (Å²) in [7, 11) is -3.31. The maximum atomic E-state index is 11.3. The lowest BCUT2D eigenvalue weighted by Crippen LogP contribution is -2.45. The van der Waals surface area contributed by atoms with Crippen molar-refractivity contribution in [2.24, 2.45) is 0 Å². The predicted molar refractivity (Wildman–Crippen MR) is 56.2 cm³/mol. The molecule has 0 aromatic carbocycles. The largest absolute Gasteiger partial charge is 0.313 e. The minimum Gasteiger partial charge on any atom is -0.313 e. The third-order valence-corrected chi connectivity index (χ3v) is 3.40. The van der Waals surface area contributed by atoms with Gasteiger partial charge in [0.1, 0.15) is 0 Å². The lowest BCUT2D eigenvalue weighted by Gasteiger charge is -2.13. The van der Waals surface area contributed by atoms with Crippen molar-refractivity contribution >= 4 is 10.2 Å². The molecule has 14 heavy (non-hydrogen) atoms. The molecule has 0 saturated carbocycles. The molecule has 3 N–H and O–H groups in total. The molecule has 6 heteroatoms. The molecule has 1 heterocycles. The summed E-state index contributed by atoms with van der Waals surface area (Å²) in [4.78, 5) is 0. The molecule has 1 aliphatic rings. The maximum Gasteiger partial charge on any atom is 0.277 e. The first-order chi connectivity index (χ1) is 6.49. The summed E-state index contributed by atoms with van der Waals surface area (Å²) >= 11 is 0. The highest BCUT2D eigenvalue weighted by molar-refractivity contribution is 7.87. The predicted octanol–water partition coefficient (Wildman–Crippen LogP) is -0.429. The monoisotopic (exact) mass is 221 g/mol. The summed E-state index contributed by atoms with van der Waals surface area (Å²) in [5.41, 5.74) is 0. The second kappa shape index (κ2) is 5.06. The van der Waals surface area contributed by atoms with Gasteiger partial charge in [0.25, 0.3) is 10.2 Å². The van der Waals surface area contributed by atoms with E-state index in [0.717, 1.165) is 19.4 Å². The molecule has 0 spiro atoms. The van der Waals surface area contributed by atoms with Crippen molar-refractivity contribution in [3.8, 4) is 0 Å². The standard InChI is InChI=1S/C8H19N3O2S/c1-7(2)11-14(12,13)10-6-8-4-3-5-9-8/h7-11H,3-6H2,1-2H3. The molecule has 1 atom stereocenters. The molecule has 1 rings (SSSR count). The van der Waals surface area contributed by atoms with E-state index in [-0.39, 0.29) is 6.04 Å². The lowest BCUT2D eigenvalue weighted by atomic mass is 10.2. The van der Waals surface area contributed by atoms with Gasteiger partial charge in [0.15, 0.2) is 0 Å². The second-order valence-electron chi connectivity index (χ2n) is 3.92. The quantitative estimate of drug-likeness (QED) is 0.590. The van der Waals surface area contributed by atoms with Crippen molar-refractivity contribution in [2.45, 2.75) is 38.8 Å². The Balaban J connectivity index is 2.28. The SMILES string of the molecule is CC(C)NS(=O)(=O)NCC1CCCN1. The summed E-state index contributed by atoms with van der Waals surface area (Å²) in [5.74, 6) is 0. The van der Waals surface area contributed by atoms with Crippen molar-refractivity contribution in [3.63, 3.8) is 0 Å². The summed E-state index contributed by atoms with van der Waals surface area (Å²) < 4.78 is 27.7. The van der Waals surface area contributed by atoms with Crippen LogP contribution in [0.3, 0.4) is 0 Å². The topological polar surface area (TPSA) is 70.2 Å². The van der Waals surface area contributed by atoms with Gasteiger partial charge in [-0.2, -0.15) is 13.1 Å². The van der Waals surface area contributed by atoms with Gasteiger partial charge in [0, 0.05) is 18.6 Å². The van der Waals surface area contributed by atoms with Crippen molar-refractivity contribution < 1.29 is 8.42 Å². The van der Waals surface area contributed by atoms with Crippen LogP contribution in [0.2, 0.25) is 0 Å². The first-order valence-electron chi connectivity index (χ1n) is 5.00. The van der Waals surface area contributed by atoms with E-state index < -0.39 is 10.2 Å². The van der Waals surface area contributed by atoms with E-state index >= 15 is 0 Å². The van der Waals surface area contributed by atoms with Crippen LogP contribution in [-0.4, -0.2) is 33.6 Å². The second-order valence-corrected chi connectivity index (χ2v) is 5.45. The zero-order chi connectivity index (χ0) is 10.6. The van der Waals surface area contributed by atoms with Crippen molar-refractivity contribution in [1.29, 1.82) is 0 Å². The highest BCUT2D eigenvalue weighted by Gasteiger charge is 2.17. The molecule has 0 radical (unpaired) electrons.